The SMILES string of the molecule is CCOCCCN(CC(=O)N(Cc1ccc(F)cc1)Cc1ccc(C)o1)C(=O)c1cccc2ccccc12. The number of aryl methyl sites for hydroxylation is 1. The quantitative estimate of drug-likeness (QED) is 0.217. The number of hydrogen-bond donors (Lipinski definition) is 0. The number of nitrogens with zero attached hydrogens (tertiary/aromatic N) is 2. The topological polar surface area (TPSA) is 63.0 Å². The molecule has 0 aliphatic heterocycles. The molecule has 0 unspecified atom stereocenters. The zero-order valence-corrected chi connectivity index (χ0v) is 21.9. The van der Waals surface area contributed by atoms with Crippen LogP contribution in [0.1, 0.15) is 40.8 Å². The van der Waals surface area contributed by atoms with Crippen LogP contribution in [0.15, 0.2) is 83.3 Å². The molecule has 0 spiro atoms. The molecule has 4 rings (SSSR count). The van der Waals surface area contributed by atoms with E-state index in [1.165, 1.54) is 12.1 Å². The van der Waals surface area contributed by atoms with Crippen LogP contribution in [0.4, 0.5) is 4.39 Å². The molecule has 0 saturated heterocycles. The van der Waals surface area contributed by atoms with Gasteiger partial charge in [0.25, 0.3) is 5.91 Å². The van der Waals surface area contributed by atoms with Gasteiger partial charge in [-0.15, -0.1) is 0 Å². The van der Waals surface area contributed by atoms with Gasteiger partial charge in [-0.25, -0.2) is 4.39 Å². The summed E-state index contributed by atoms with van der Waals surface area (Å²) < 4.78 is 24.7. The van der Waals surface area contributed by atoms with E-state index in [4.69, 9.17) is 9.15 Å². The van der Waals surface area contributed by atoms with Gasteiger partial charge >= 0.3 is 0 Å². The summed E-state index contributed by atoms with van der Waals surface area (Å²) in [6, 6.07) is 23.1. The molecule has 38 heavy (non-hydrogen) atoms. The van der Waals surface area contributed by atoms with Gasteiger partial charge in [0, 0.05) is 31.9 Å². The summed E-state index contributed by atoms with van der Waals surface area (Å²) in [4.78, 5) is 30.7. The molecule has 0 atom stereocenters. The van der Waals surface area contributed by atoms with Crippen LogP contribution in [0.5, 0.6) is 0 Å². The molecule has 0 fully saturated rings. The molecule has 0 radical (unpaired) electrons. The minimum absolute atomic E-state index is 0.102. The van der Waals surface area contributed by atoms with Gasteiger partial charge in [-0.3, -0.25) is 9.59 Å². The Labute approximate surface area is 222 Å². The first-order valence-electron chi connectivity index (χ1n) is 12.9. The molecule has 4 aromatic rings. The predicted molar refractivity (Wildman–Crippen MR) is 145 cm³/mol. The Morgan fingerprint density at radius 2 is 1.66 bits per heavy atom. The second-order valence-corrected chi connectivity index (χ2v) is 9.19. The molecule has 6 nitrogen and oxygen atoms in total. The number of rotatable bonds is 12. The van der Waals surface area contributed by atoms with Crippen LogP contribution >= 0.6 is 0 Å². The number of halogens is 1. The van der Waals surface area contributed by atoms with E-state index >= 15 is 0 Å². The Hall–Kier alpha value is -3.97. The van der Waals surface area contributed by atoms with Crippen LogP contribution < -0.4 is 0 Å². The molecule has 0 aliphatic carbocycles. The lowest BCUT2D eigenvalue weighted by Crippen LogP contribution is -2.43. The Morgan fingerprint density at radius 3 is 2.39 bits per heavy atom. The molecular weight excluding hydrogens is 483 g/mol. The maximum atomic E-state index is 13.8. The van der Waals surface area contributed by atoms with Gasteiger partial charge in [0.1, 0.15) is 23.9 Å². The van der Waals surface area contributed by atoms with Gasteiger partial charge in [0.05, 0.1) is 6.54 Å². The Bertz CT molecular complexity index is 1360. The normalized spacial score (nSPS) is 11.0. The Morgan fingerprint density at radius 1 is 0.895 bits per heavy atom. The number of fused-ring (bicyclic) bond motifs is 1. The Balaban J connectivity index is 1.59. The second-order valence-electron chi connectivity index (χ2n) is 9.19. The van der Waals surface area contributed by atoms with Crippen LogP contribution in [-0.2, 0) is 22.6 Å². The summed E-state index contributed by atoms with van der Waals surface area (Å²) in [7, 11) is 0. The molecule has 0 bridgehead atoms. The average Bonchev–Trinajstić information content (AvgIpc) is 3.34. The molecule has 1 aromatic heterocycles. The van der Waals surface area contributed by atoms with Gasteiger partial charge < -0.3 is 19.0 Å². The fourth-order valence-corrected chi connectivity index (χ4v) is 4.40. The van der Waals surface area contributed by atoms with Crippen molar-refractivity contribution in [3.8, 4) is 0 Å². The minimum Gasteiger partial charge on any atom is -0.464 e. The largest absolute Gasteiger partial charge is 0.464 e. The van der Waals surface area contributed by atoms with Gasteiger partial charge in [0.15, 0.2) is 0 Å². The average molecular weight is 517 g/mol. The zero-order chi connectivity index (χ0) is 26.9. The number of carbonyl (C=O) groups excluding carboxylic acids is 2. The smallest absolute Gasteiger partial charge is 0.254 e. The van der Waals surface area contributed by atoms with Crippen molar-refractivity contribution in [2.45, 2.75) is 33.4 Å². The van der Waals surface area contributed by atoms with Crippen LogP contribution in [0.25, 0.3) is 10.8 Å². The number of amides is 2. The van der Waals surface area contributed by atoms with Crippen molar-refractivity contribution in [3.63, 3.8) is 0 Å². The van der Waals surface area contributed by atoms with E-state index in [1.807, 2.05) is 62.4 Å². The zero-order valence-electron chi connectivity index (χ0n) is 21.9. The van der Waals surface area contributed by atoms with E-state index in [1.54, 1.807) is 28.0 Å². The van der Waals surface area contributed by atoms with Gasteiger partial charge in [0.2, 0.25) is 5.91 Å². The van der Waals surface area contributed by atoms with Crippen molar-refractivity contribution in [3.05, 3.63) is 107 Å². The summed E-state index contributed by atoms with van der Waals surface area (Å²) in [6.07, 6.45) is 0.604. The van der Waals surface area contributed by atoms with Gasteiger partial charge in [-0.2, -0.15) is 0 Å². The van der Waals surface area contributed by atoms with E-state index in [0.29, 0.717) is 37.5 Å². The summed E-state index contributed by atoms with van der Waals surface area (Å²) in [5.41, 5.74) is 1.34. The first kappa shape index (κ1) is 27.1. The number of benzene rings is 3. The highest BCUT2D eigenvalue weighted by molar-refractivity contribution is 6.07. The molecule has 7 heteroatoms. The fourth-order valence-electron chi connectivity index (χ4n) is 4.40. The van der Waals surface area contributed by atoms with Crippen LogP contribution in [0.3, 0.4) is 0 Å². The predicted octanol–water partition coefficient (Wildman–Crippen LogP) is 5.98. The molecule has 0 saturated carbocycles. The fraction of sp³-hybridized carbons (Fsp3) is 0.290. The van der Waals surface area contributed by atoms with Crippen molar-refractivity contribution >= 4 is 22.6 Å². The van der Waals surface area contributed by atoms with Crippen molar-refractivity contribution in [2.24, 2.45) is 0 Å². The number of hydrogen-bond acceptors (Lipinski definition) is 4. The highest BCUT2D eigenvalue weighted by Gasteiger charge is 2.24. The molecule has 2 amide bonds. The first-order valence-corrected chi connectivity index (χ1v) is 12.9. The maximum absolute atomic E-state index is 13.8. The highest BCUT2D eigenvalue weighted by Crippen LogP contribution is 2.21. The minimum atomic E-state index is -0.338. The number of carbonyl (C=O) groups is 2. The van der Waals surface area contributed by atoms with E-state index in [2.05, 4.69) is 0 Å². The first-order chi connectivity index (χ1) is 18.4. The van der Waals surface area contributed by atoms with E-state index < -0.39 is 0 Å². The van der Waals surface area contributed by atoms with Crippen molar-refractivity contribution < 1.29 is 23.1 Å². The maximum Gasteiger partial charge on any atom is 0.254 e. The van der Waals surface area contributed by atoms with Crippen molar-refractivity contribution in [1.82, 2.24) is 9.80 Å². The van der Waals surface area contributed by atoms with Gasteiger partial charge in [-0.05, 0) is 66.9 Å². The summed E-state index contributed by atoms with van der Waals surface area (Å²) >= 11 is 0. The van der Waals surface area contributed by atoms with E-state index in [-0.39, 0.29) is 37.3 Å². The lowest BCUT2D eigenvalue weighted by molar-refractivity contribution is -0.133. The van der Waals surface area contributed by atoms with Crippen molar-refractivity contribution in [2.75, 3.05) is 26.3 Å². The van der Waals surface area contributed by atoms with E-state index in [9.17, 15) is 14.0 Å². The monoisotopic (exact) mass is 516 g/mol. The molecule has 1 heterocycles. The standard InChI is InChI=1S/C31H33FN2O4/c1-3-37-19-7-18-33(31(36)29-11-6-9-25-8-4-5-10-28(25)29)22-30(35)34(21-27-17-12-23(2)38-27)20-24-13-15-26(32)16-14-24/h4-6,8-17H,3,7,18-22H2,1-2H3. The van der Waals surface area contributed by atoms with Crippen LogP contribution in [0.2, 0.25) is 0 Å². The number of ether oxygens (including phenoxy) is 1. The lowest BCUT2D eigenvalue weighted by atomic mass is 10.0. The molecule has 0 N–H and O–H groups in total. The summed E-state index contributed by atoms with van der Waals surface area (Å²) in [5.74, 6) is 0.615. The third kappa shape index (κ3) is 7.07. The third-order valence-corrected chi connectivity index (χ3v) is 6.34. The summed E-state index contributed by atoms with van der Waals surface area (Å²) in [6.45, 7) is 5.62. The Kier molecular flexibility index (Phi) is 9.27. The molecular formula is C31H33FN2O4. The number of furan rings is 1. The summed E-state index contributed by atoms with van der Waals surface area (Å²) in [5, 5.41) is 1.81. The van der Waals surface area contributed by atoms with E-state index in [0.717, 1.165) is 22.1 Å². The van der Waals surface area contributed by atoms with Crippen molar-refractivity contribution in [1.29, 1.82) is 0 Å². The van der Waals surface area contributed by atoms with Gasteiger partial charge in [-0.1, -0.05) is 48.5 Å². The second kappa shape index (κ2) is 13.0. The highest BCUT2D eigenvalue weighted by atomic mass is 19.1. The third-order valence-electron chi connectivity index (χ3n) is 6.34. The molecule has 198 valence electrons. The molecule has 0 aliphatic rings. The molecule has 3 aromatic carbocycles. The van der Waals surface area contributed by atoms with Crippen LogP contribution in [-0.4, -0.2) is 47.9 Å². The lowest BCUT2D eigenvalue weighted by Gasteiger charge is -2.28. The van der Waals surface area contributed by atoms with Crippen LogP contribution in [0, 0.1) is 12.7 Å².